The van der Waals surface area contributed by atoms with Crippen LogP contribution in [0, 0.1) is 12.7 Å². The van der Waals surface area contributed by atoms with Crippen LogP contribution >= 0.6 is 0 Å². The minimum absolute atomic E-state index is 0.274. The van der Waals surface area contributed by atoms with Gasteiger partial charge in [0.1, 0.15) is 5.82 Å². The van der Waals surface area contributed by atoms with Crippen LogP contribution in [0.3, 0.4) is 0 Å². The maximum absolute atomic E-state index is 13.2. The minimum Gasteiger partial charge on any atom is -0.397 e. The summed E-state index contributed by atoms with van der Waals surface area (Å²) in [6.07, 6.45) is 0. The summed E-state index contributed by atoms with van der Waals surface area (Å²) >= 11 is 0. The topological polar surface area (TPSA) is 55.1 Å². The molecule has 0 saturated heterocycles. The van der Waals surface area contributed by atoms with Gasteiger partial charge in [-0.15, -0.1) is 0 Å². The summed E-state index contributed by atoms with van der Waals surface area (Å²) < 4.78 is 13.2. The predicted molar refractivity (Wildman–Crippen MR) is 69.9 cm³/mol. The van der Waals surface area contributed by atoms with Gasteiger partial charge in [-0.05, 0) is 42.8 Å². The Morgan fingerprint density at radius 2 is 1.94 bits per heavy atom. The molecule has 0 aliphatic carbocycles. The number of halogens is 1. The van der Waals surface area contributed by atoms with Crippen LogP contribution in [-0.4, -0.2) is 5.91 Å². The van der Waals surface area contributed by atoms with Gasteiger partial charge in [-0.1, -0.05) is 12.1 Å². The Labute approximate surface area is 104 Å². The molecular formula is C14H13FN2O. The SMILES string of the molecule is Cc1cc(F)cc(C(=O)Nc2ccccc2N)c1. The summed E-state index contributed by atoms with van der Waals surface area (Å²) in [5.74, 6) is -0.809. The van der Waals surface area contributed by atoms with Crippen molar-refractivity contribution in [3.63, 3.8) is 0 Å². The molecule has 1 amide bonds. The Morgan fingerprint density at radius 1 is 1.22 bits per heavy atom. The second-order valence-electron chi connectivity index (χ2n) is 4.06. The fourth-order valence-corrected chi connectivity index (χ4v) is 1.67. The number of hydrogen-bond acceptors (Lipinski definition) is 2. The van der Waals surface area contributed by atoms with Crippen LogP contribution < -0.4 is 11.1 Å². The molecule has 0 aliphatic rings. The van der Waals surface area contributed by atoms with Crippen molar-refractivity contribution in [2.75, 3.05) is 11.1 Å². The first-order valence-electron chi connectivity index (χ1n) is 5.49. The van der Waals surface area contributed by atoms with Gasteiger partial charge in [-0.2, -0.15) is 0 Å². The number of carbonyl (C=O) groups is 1. The molecule has 4 heteroatoms. The van der Waals surface area contributed by atoms with Crippen molar-refractivity contribution in [2.45, 2.75) is 6.92 Å². The summed E-state index contributed by atoms with van der Waals surface area (Å²) in [5, 5.41) is 2.65. The number of para-hydroxylation sites is 2. The van der Waals surface area contributed by atoms with Crippen molar-refractivity contribution in [1.29, 1.82) is 0 Å². The van der Waals surface area contributed by atoms with E-state index in [4.69, 9.17) is 5.73 Å². The molecule has 0 bridgehead atoms. The van der Waals surface area contributed by atoms with Crippen LogP contribution in [0.2, 0.25) is 0 Å². The maximum atomic E-state index is 13.2. The highest BCUT2D eigenvalue weighted by molar-refractivity contribution is 6.05. The molecule has 92 valence electrons. The molecular weight excluding hydrogens is 231 g/mol. The molecule has 0 unspecified atom stereocenters. The lowest BCUT2D eigenvalue weighted by Crippen LogP contribution is -2.13. The molecule has 0 radical (unpaired) electrons. The Morgan fingerprint density at radius 3 is 2.61 bits per heavy atom. The van der Waals surface area contributed by atoms with Gasteiger partial charge in [0.25, 0.3) is 5.91 Å². The Hall–Kier alpha value is -2.36. The minimum atomic E-state index is -0.429. The molecule has 0 fully saturated rings. The fraction of sp³-hybridized carbons (Fsp3) is 0.0714. The van der Waals surface area contributed by atoms with E-state index in [0.29, 0.717) is 16.9 Å². The smallest absolute Gasteiger partial charge is 0.255 e. The largest absolute Gasteiger partial charge is 0.397 e. The van der Waals surface area contributed by atoms with E-state index in [-0.39, 0.29) is 11.5 Å². The van der Waals surface area contributed by atoms with E-state index in [9.17, 15) is 9.18 Å². The van der Waals surface area contributed by atoms with Crippen molar-refractivity contribution >= 4 is 17.3 Å². The Balaban J connectivity index is 2.25. The van der Waals surface area contributed by atoms with Crippen molar-refractivity contribution in [3.05, 3.63) is 59.4 Å². The van der Waals surface area contributed by atoms with E-state index >= 15 is 0 Å². The van der Waals surface area contributed by atoms with E-state index in [0.717, 1.165) is 0 Å². The van der Waals surface area contributed by atoms with Gasteiger partial charge in [0.05, 0.1) is 11.4 Å². The Bertz CT molecular complexity index is 576. The molecule has 2 rings (SSSR count). The zero-order valence-corrected chi connectivity index (χ0v) is 9.91. The van der Waals surface area contributed by atoms with Crippen LogP contribution in [0.15, 0.2) is 42.5 Å². The number of aryl methyl sites for hydroxylation is 1. The van der Waals surface area contributed by atoms with E-state index in [1.165, 1.54) is 12.1 Å². The molecule has 0 spiro atoms. The van der Waals surface area contributed by atoms with E-state index in [2.05, 4.69) is 5.32 Å². The predicted octanol–water partition coefficient (Wildman–Crippen LogP) is 2.97. The monoisotopic (exact) mass is 244 g/mol. The first-order chi connectivity index (χ1) is 8.56. The fourth-order valence-electron chi connectivity index (χ4n) is 1.67. The summed E-state index contributed by atoms with van der Waals surface area (Å²) in [6, 6.07) is 11.1. The average molecular weight is 244 g/mol. The summed E-state index contributed by atoms with van der Waals surface area (Å²) in [7, 11) is 0. The van der Waals surface area contributed by atoms with Gasteiger partial charge in [0.15, 0.2) is 0 Å². The second kappa shape index (κ2) is 4.87. The quantitative estimate of drug-likeness (QED) is 0.798. The zero-order chi connectivity index (χ0) is 13.1. The van der Waals surface area contributed by atoms with Gasteiger partial charge >= 0.3 is 0 Å². The van der Waals surface area contributed by atoms with Crippen molar-refractivity contribution in [3.8, 4) is 0 Å². The number of nitrogens with two attached hydrogens (primary N) is 1. The van der Waals surface area contributed by atoms with Gasteiger partial charge < -0.3 is 11.1 Å². The first kappa shape index (κ1) is 12.1. The van der Waals surface area contributed by atoms with E-state index in [1.807, 2.05) is 0 Å². The van der Waals surface area contributed by atoms with Crippen LogP contribution in [0.25, 0.3) is 0 Å². The number of nitrogen functional groups attached to an aromatic ring is 1. The molecule has 18 heavy (non-hydrogen) atoms. The Kier molecular flexibility index (Phi) is 3.28. The number of nitrogens with one attached hydrogen (secondary N) is 1. The molecule has 0 aliphatic heterocycles. The first-order valence-corrected chi connectivity index (χ1v) is 5.49. The average Bonchev–Trinajstić information content (AvgIpc) is 2.31. The highest BCUT2D eigenvalue weighted by Crippen LogP contribution is 2.18. The number of carbonyl (C=O) groups excluding carboxylic acids is 1. The molecule has 0 heterocycles. The highest BCUT2D eigenvalue weighted by Gasteiger charge is 2.09. The zero-order valence-electron chi connectivity index (χ0n) is 9.91. The molecule has 0 aromatic heterocycles. The second-order valence-corrected chi connectivity index (χ2v) is 4.06. The van der Waals surface area contributed by atoms with Crippen molar-refractivity contribution < 1.29 is 9.18 Å². The summed E-state index contributed by atoms with van der Waals surface area (Å²) in [4.78, 5) is 11.9. The normalized spacial score (nSPS) is 10.1. The maximum Gasteiger partial charge on any atom is 0.255 e. The number of benzene rings is 2. The molecule has 3 nitrogen and oxygen atoms in total. The molecule has 0 saturated carbocycles. The van der Waals surface area contributed by atoms with Crippen LogP contribution in [0.1, 0.15) is 15.9 Å². The molecule has 0 atom stereocenters. The number of anilines is 2. The van der Waals surface area contributed by atoms with Gasteiger partial charge in [0, 0.05) is 5.56 Å². The van der Waals surface area contributed by atoms with Crippen LogP contribution in [0.5, 0.6) is 0 Å². The number of amides is 1. The lowest BCUT2D eigenvalue weighted by molar-refractivity contribution is 0.102. The third-order valence-electron chi connectivity index (χ3n) is 2.51. The standard InChI is InChI=1S/C14H13FN2O/c1-9-6-10(8-11(15)7-9)14(18)17-13-5-3-2-4-12(13)16/h2-8H,16H2,1H3,(H,17,18). The number of rotatable bonds is 2. The molecule has 2 aromatic rings. The van der Waals surface area contributed by atoms with Gasteiger partial charge in [-0.25, -0.2) is 4.39 Å². The number of hydrogen-bond donors (Lipinski definition) is 2. The molecule has 3 N–H and O–H groups in total. The molecule has 2 aromatic carbocycles. The van der Waals surface area contributed by atoms with Gasteiger partial charge in [0.2, 0.25) is 0 Å². The van der Waals surface area contributed by atoms with E-state index in [1.54, 1.807) is 37.3 Å². The highest BCUT2D eigenvalue weighted by atomic mass is 19.1. The van der Waals surface area contributed by atoms with Crippen LogP contribution in [0.4, 0.5) is 15.8 Å². The summed E-state index contributed by atoms with van der Waals surface area (Å²) in [5.41, 5.74) is 7.68. The van der Waals surface area contributed by atoms with Crippen LogP contribution in [-0.2, 0) is 0 Å². The third kappa shape index (κ3) is 2.66. The lowest BCUT2D eigenvalue weighted by atomic mass is 10.1. The van der Waals surface area contributed by atoms with E-state index < -0.39 is 5.82 Å². The van der Waals surface area contributed by atoms with Crippen molar-refractivity contribution in [1.82, 2.24) is 0 Å². The van der Waals surface area contributed by atoms with Gasteiger partial charge in [-0.3, -0.25) is 4.79 Å². The lowest BCUT2D eigenvalue weighted by Gasteiger charge is -2.08. The summed E-state index contributed by atoms with van der Waals surface area (Å²) in [6.45, 7) is 1.73. The van der Waals surface area contributed by atoms with Crippen molar-refractivity contribution in [2.24, 2.45) is 0 Å². The third-order valence-corrected chi connectivity index (χ3v) is 2.51.